The van der Waals surface area contributed by atoms with E-state index in [1.165, 1.54) is 0 Å². The topological polar surface area (TPSA) is 26.3 Å². The van der Waals surface area contributed by atoms with Crippen molar-refractivity contribution in [3.8, 4) is 5.75 Å². The summed E-state index contributed by atoms with van der Waals surface area (Å²) in [6.07, 6.45) is 0. The van der Waals surface area contributed by atoms with E-state index in [-0.39, 0.29) is 5.97 Å². The van der Waals surface area contributed by atoms with E-state index in [0.29, 0.717) is 11.3 Å². The molecule has 17 heavy (non-hydrogen) atoms. The number of carbonyl (C=O) groups is 1. The second-order valence-corrected chi connectivity index (χ2v) is 5.43. The van der Waals surface area contributed by atoms with E-state index in [1.54, 1.807) is 18.2 Å². The standard InChI is InChI=1S/C13H8BrIO2/c14-12-7-2-1-6-11(12)13(16)17-10-5-3-4-9(15)8-10/h1-8H. The summed E-state index contributed by atoms with van der Waals surface area (Å²) in [6, 6.07) is 14.6. The number of carbonyl (C=O) groups excluding carboxylic acids is 1. The van der Waals surface area contributed by atoms with Gasteiger partial charge in [-0.3, -0.25) is 0 Å². The number of rotatable bonds is 2. The van der Waals surface area contributed by atoms with Gasteiger partial charge < -0.3 is 4.74 Å². The number of benzene rings is 2. The zero-order chi connectivity index (χ0) is 12.3. The maximum atomic E-state index is 11.9. The Morgan fingerprint density at radius 1 is 1.12 bits per heavy atom. The van der Waals surface area contributed by atoms with Crippen molar-refractivity contribution in [2.75, 3.05) is 0 Å². The average Bonchev–Trinajstić information content (AvgIpc) is 2.29. The molecule has 0 aromatic heterocycles. The van der Waals surface area contributed by atoms with Crippen LogP contribution in [0.3, 0.4) is 0 Å². The van der Waals surface area contributed by atoms with Crippen LogP contribution in [0.15, 0.2) is 53.0 Å². The Hall–Kier alpha value is -0.880. The molecule has 0 unspecified atom stereocenters. The highest BCUT2D eigenvalue weighted by Gasteiger charge is 2.11. The van der Waals surface area contributed by atoms with Gasteiger partial charge in [0.05, 0.1) is 5.56 Å². The smallest absolute Gasteiger partial charge is 0.344 e. The summed E-state index contributed by atoms with van der Waals surface area (Å²) in [5.74, 6) is 0.192. The van der Waals surface area contributed by atoms with Crippen LogP contribution >= 0.6 is 38.5 Å². The third-order valence-corrected chi connectivity index (χ3v) is 3.46. The van der Waals surface area contributed by atoms with Crippen LogP contribution in [0, 0.1) is 3.57 Å². The van der Waals surface area contributed by atoms with Crippen LogP contribution in [0.5, 0.6) is 5.75 Å². The molecule has 0 atom stereocenters. The van der Waals surface area contributed by atoms with Gasteiger partial charge in [0.25, 0.3) is 0 Å². The first-order valence-electron chi connectivity index (χ1n) is 4.89. The lowest BCUT2D eigenvalue weighted by Crippen LogP contribution is -2.09. The molecule has 86 valence electrons. The van der Waals surface area contributed by atoms with Crippen LogP contribution in [0.4, 0.5) is 0 Å². The molecule has 2 aromatic carbocycles. The van der Waals surface area contributed by atoms with Gasteiger partial charge in [0.2, 0.25) is 0 Å². The average molecular weight is 403 g/mol. The number of hydrogen-bond acceptors (Lipinski definition) is 2. The second-order valence-electron chi connectivity index (χ2n) is 3.33. The highest BCUT2D eigenvalue weighted by Crippen LogP contribution is 2.20. The highest BCUT2D eigenvalue weighted by atomic mass is 127. The van der Waals surface area contributed by atoms with Crippen molar-refractivity contribution < 1.29 is 9.53 Å². The van der Waals surface area contributed by atoms with E-state index in [4.69, 9.17) is 4.74 Å². The molecule has 0 radical (unpaired) electrons. The lowest BCUT2D eigenvalue weighted by Gasteiger charge is -2.05. The van der Waals surface area contributed by atoms with Crippen LogP contribution in [0.1, 0.15) is 10.4 Å². The fraction of sp³-hybridized carbons (Fsp3) is 0. The Balaban J connectivity index is 2.20. The summed E-state index contributed by atoms with van der Waals surface area (Å²) in [6.45, 7) is 0. The normalized spacial score (nSPS) is 10.0. The monoisotopic (exact) mass is 402 g/mol. The SMILES string of the molecule is O=C(Oc1cccc(I)c1)c1ccccc1Br. The predicted molar refractivity (Wildman–Crippen MR) is 78.3 cm³/mol. The first-order valence-corrected chi connectivity index (χ1v) is 6.76. The van der Waals surface area contributed by atoms with E-state index in [2.05, 4.69) is 38.5 Å². The summed E-state index contributed by atoms with van der Waals surface area (Å²) in [7, 11) is 0. The summed E-state index contributed by atoms with van der Waals surface area (Å²) in [4.78, 5) is 11.9. The largest absolute Gasteiger partial charge is 0.423 e. The molecule has 4 heteroatoms. The van der Waals surface area contributed by atoms with Gasteiger partial charge in [0, 0.05) is 8.04 Å². The fourth-order valence-corrected chi connectivity index (χ4v) is 2.28. The summed E-state index contributed by atoms with van der Waals surface area (Å²) >= 11 is 5.50. The Labute approximate surface area is 121 Å². The fourth-order valence-electron chi connectivity index (χ4n) is 1.32. The number of halogens is 2. The molecule has 2 nitrogen and oxygen atoms in total. The molecule has 0 N–H and O–H groups in total. The minimum atomic E-state index is -0.362. The maximum absolute atomic E-state index is 11.9. The predicted octanol–water partition coefficient (Wildman–Crippen LogP) is 4.27. The molecular formula is C13H8BrIO2. The van der Waals surface area contributed by atoms with Crippen molar-refractivity contribution >= 4 is 44.5 Å². The number of ether oxygens (including phenoxy) is 1. The van der Waals surface area contributed by atoms with Gasteiger partial charge in [0.15, 0.2) is 0 Å². The van der Waals surface area contributed by atoms with Gasteiger partial charge in [0.1, 0.15) is 5.75 Å². The molecule has 0 saturated carbocycles. The Kier molecular flexibility index (Phi) is 4.17. The van der Waals surface area contributed by atoms with Crippen LogP contribution < -0.4 is 4.74 Å². The van der Waals surface area contributed by atoms with Crippen LogP contribution in [-0.4, -0.2) is 5.97 Å². The molecule has 0 aliphatic carbocycles. The van der Waals surface area contributed by atoms with E-state index >= 15 is 0 Å². The summed E-state index contributed by atoms with van der Waals surface area (Å²) in [5, 5.41) is 0. The van der Waals surface area contributed by atoms with Crippen molar-refractivity contribution in [2.45, 2.75) is 0 Å². The van der Waals surface area contributed by atoms with Gasteiger partial charge in [-0.1, -0.05) is 18.2 Å². The third-order valence-electron chi connectivity index (χ3n) is 2.10. The zero-order valence-electron chi connectivity index (χ0n) is 8.69. The zero-order valence-corrected chi connectivity index (χ0v) is 12.4. The van der Waals surface area contributed by atoms with Crippen LogP contribution in [-0.2, 0) is 0 Å². The number of hydrogen-bond donors (Lipinski definition) is 0. The maximum Gasteiger partial charge on any atom is 0.344 e. The van der Waals surface area contributed by atoms with Crippen molar-refractivity contribution in [1.29, 1.82) is 0 Å². The molecule has 0 fully saturated rings. The molecule has 2 rings (SSSR count). The number of esters is 1. The van der Waals surface area contributed by atoms with Crippen molar-refractivity contribution in [2.24, 2.45) is 0 Å². The minimum absolute atomic E-state index is 0.362. The molecule has 0 spiro atoms. The first kappa shape index (κ1) is 12.6. The van der Waals surface area contributed by atoms with E-state index in [1.807, 2.05) is 30.3 Å². The van der Waals surface area contributed by atoms with Gasteiger partial charge >= 0.3 is 5.97 Å². The molecule has 0 aliphatic heterocycles. The summed E-state index contributed by atoms with van der Waals surface area (Å²) in [5.41, 5.74) is 0.520. The van der Waals surface area contributed by atoms with Crippen molar-refractivity contribution in [3.05, 3.63) is 62.1 Å². The molecule has 0 saturated heterocycles. The van der Waals surface area contributed by atoms with Gasteiger partial charge in [-0.05, 0) is 68.9 Å². The van der Waals surface area contributed by atoms with Crippen molar-refractivity contribution in [1.82, 2.24) is 0 Å². The first-order chi connectivity index (χ1) is 8.16. The third kappa shape index (κ3) is 3.29. The minimum Gasteiger partial charge on any atom is -0.423 e. The van der Waals surface area contributed by atoms with E-state index in [9.17, 15) is 4.79 Å². The lowest BCUT2D eigenvalue weighted by atomic mass is 10.2. The molecule has 0 bridgehead atoms. The van der Waals surface area contributed by atoms with Crippen LogP contribution in [0.25, 0.3) is 0 Å². The highest BCUT2D eigenvalue weighted by molar-refractivity contribution is 14.1. The van der Waals surface area contributed by atoms with E-state index < -0.39 is 0 Å². The second kappa shape index (κ2) is 5.64. The van der Waals surface area contributed by atoms with Crippen molar-refractivity contribution in [3.63, 3.8) is 0 Å². The molecule has 2 aromatic rings. The van der Waals surface area contributed by atoms with E-state index in [0.717, 1.165) is 8.04 Å². The van der Waals surface area contributed by atoms with Gasteiger partial charge in [-0.15, -0.1) is 0 Å². The summed E-state index contributed by atoms with van der Waals surface area (Å²) < 4.78 is 7.05. The lowest BCUT2D eigenvalue weighted by molar-refractivity contribution is 0.0733. The van der Waals surface area contributed by atoms with Gasteiger partial charge in [-0.25, -0.2) is 4.79 Å². The Morgan fingerprint density at radius 3 is 2.59 bits per heavy atom. The Bertz CT molecular complexity index is 555. The molecule has 0 heterocycles. The quantitative estimate of drug-likeness (QED) is 0.426. The molecule has 0 amide bonds. The molecular weight excluding hydrogens is 395 g/mol. The Morgan fingerprint density at radius 2 is 1.88 bits per heavy atom. The van der Waals surface area contributed by atoms with Crippen LogP contribution in [0.2, 0.25) is 0 Å². The molecule has 0 aliphatic rings. The van der Waals surface area contributed by atoms with Gasteiger partial charge in [-0.2, -0.15) is 0 Å².